The SMILES string of the molecule is NC[C@H](O)[C@H]1CCc2cc(F)ccc2O1. The Balaban J connectivity index is 2.16. The van der Waals surface area contributed by atoms with E-state index in [-0.39, 0.29) is 18.5 Å². The number of hydrogen-bond donors (Lipinski definition) is 2. The Morgan fingerprint density at radius 2 is 2.40 bits per heavy atom. The van der Waals surface area contributed by atoms with Crippen LogP contribution in [0.2, 0.25) is 0 Å². The molecule has 4 heteroatoms. The third-order valence-electron chi connectivity index (χ3n) is 2.67. The molecule has 15 heavy (non-hydrogen) atoms. The van der Waals surface area contributed by atoms with Crippen LogP contribution in [0.15, 0.2) is 18.2 Å². The van der Waals surface area contributed by atoms with Crippen LogP contribution in [0.1, 0.15) is 12.0 Å². The third-order valence-corrected chi connectivity index (χ3v) is 2.67. The predicted molar refractivity (Wildman–Crippen MR) is 54.2 cm³/mol. The fourth-order valence-corrected chi connectivity index (χ4v) is 1.80. The van der Waals surface area contributed by atoms with Crippen LogP contribution in [-0.4, -0.2) is 23.9 Å². The van der Waals surface area contributed by atoms with Gasteiger partial charge < -0.3 is 15.6 Å². The monoisotopic (exact) mass is 211 g/mol. The van der Waals surface area contributed by atoms with Gasteiger partial charge in [0.1, 0.15) is 23.8 Å². The zero-order valence-corrected chi connectivity index (χ0v) is 8.32. The van der Waals surface area contributed by atoms with Crippen LogP contribution in [0.4, 0.5) is 4.39 Å². The second kappa shape index (κ2) is 4.16. The van der Waals surface area contributed by atoms with Gasteiger partial charge in [-0.05, 0) is 36.6 Å². The van der Waals surface area contributed by atoms with Crippen molar-refractivity contribution in [2.75, 3.05) is 6.54 Å². The first-order chi connectivity index (χ1) is 7.20. The Kier molecular flexibility index (Phi) is 2.88. The highest BCUT2D eigenvalue weighted by molar-refractivity contribution is 5.35. The van der Waals surface area contributed by atoms with Crippen LogP contribution < -0.4 is 10.5 Å². The molecule has 3 N–H and O–H groups in total. The average molecular weight is 211 g/mol. The van der Waals surface area contributed by atoms with E-state index in [0.29, 0.717) is 12.2 Å². The Morgan fingerprint density at radius 3 is 3.13 bits per heavy atom. The summed E-state index contributed by atoms with van der Waals surface area (Å²) in [5.41, 5.74) is 6.21. The predicted octanol–water partition coefficient (Wildman–Crippen LogP) is 0.839. The van der Waals surface area contributed by atoms with Crippen molar-refractivity contribution in [1.82, 2.24) is 0 Å². The number of aliphatic hydroxyl groups excluding tert-OH is 1. The molecule has 1 aromatic carbocycles. The molecule has 0 saturated heterocycles. The molecule has 1 aliphatic rings. The molecular weight excluding hydrogens is 197 g/mol. The van der Waals surface area contributed by atoms with Crippen molar-refractivity contribution >= 4 is 0 Å². The first-order valence-corrected chi connectivity index (χ1v) is 5.04. The summed E-state index contributed by atoms with van der Waals surface area (Å²) in [6.45, 7) is 0.182. The second-order valence-corrected chi connectivity index (χ2v) is 3.75. The van der Waals surface area contributed by atoms with Crippen molar-refractivity contribution in [1.29, 1.82) is 0 Å². The Bertz CT molecular complexity index is 356. The van der Waals surface area contributed by atoms with Gasteiger partial charge in [0.05, 0.1) is 0 Å². The Morgan fingerprint density at radius 1 is 1.60 bits per heavy atom. The van der Waals surface area contributed by atoms with Crippen LogP contribution in [0.25, 0.3) is 0 Å². The minimum absolute atomic E-state index is 0.182. The lowest BCUT2D eigenvalue weighted by molar-refractivity contribution is 0.0296. The summed E-state index contributed by atoms with van der Waals surface area (Å²) in [6.07, 6.45) is 0.472. The molecule has 0 radical (unpaired) electrons. The number of aliphatic hydroxyl groups is 1. The largest absolute Gasteiger partial charge is 0.487 e. The van der Waals surface area contributed by atoms with Gasteiger partial charge in [0, 0.05) is 6.54 Å². The molecule has 0 unspecified atom stereocenters. The maximum absolute atomic E-state index is 12.9. The molecule has 0 aliphatic carbocycles. The molecule has 2 rings (SSSR count). The van der Waals surface area contributed by atoms with Gasteiger partial charge in [-0.1, -0.05) is 0 Å². The zero-order chi connectivity index (χ0) is 10.8. The fraction of sp³-hybridized carbons (Fsp3) is 0.455. The molecule has 82 valence electrons. The number of nitrogens with two attached hydrogens (primary N) is 1. The van der Waals surface area contributed by atoms with Gasteiger partial charge in [-0.25, -0.2) is 4.39 Å². The number of aryl methyl sites for hydroxylation is 1. The van der Waals surface area contributed by atoms with Crippen LogP contribution in [0, 0.1) is 5.82 Å². The van der Waals surface area contributed by atoms with E-state index in [0.717, 1.165) is 12.0 Å². The van der Waals surface area contributed by atoms with Crippen LogP contribution in [0.3, 0.4) is 0 Å². The summed E-state index contributed by atoms with van der Waals surface area (Å²) in [6, 6.07) is 4.43. The van der Waals surface area contributed by atoms with Gasteiger partial charge in [0.25, 0.3) is 0 Å². The minimum Gasteiger partial charge on any atom is -0.487 e. The van der Waals surface area contributed by atoms with E-state index in [2.05, 4.69) is 0 Å². The lowest BCUT2D eigenvalue weighted by Gasteiger charge is -2.28. The summed E-state index contributed by atoms with van der Waals surface area (Å²) < 4.78 is 18.4. The van der Waals surface area contributed by atoms with Crippen molar-refractivity contribution in [3.05, 3.63) is 29.6 Å². The van der Waals surface area contributed by atoms with Crippen LogP contribution in [-0.2, 0) is 6.42 Å². The van der Waals surface area contributed by atoms with E-state index in [4.69, 9.17) is 10.5 Å². The summed E-state index contributed by atoms with van der Waals surface area (Å²) in [7, 11) is 0. The fourth-order valence-electron chi connectivity index (χ4n) is 1.80. The standard InChI is InChI=1S/C11H14FNO2/c12-8-2-4-10-7(5-8)1-3-11(15-10)9(14)6-13/h2,4-5,9,11,14H,1,3,6,13H2/t9-,11+/m0/s1. The Hall–Kier alpha value is -1.13. The normalized spacial score (nSPS) is 21.7. The van der Waals surface area contributed by atoms with Crippen LogP contribution in [0.5, 0.6) is 5.75 Å². The van der Waals surface area contributed by atoms with Crippen molar-refractivity contribution in [3.8, 4) is 5.75 Å². The van der Waals surface area contributed by atoms with E-state index in [1.807, 2.05) is 0 Å². The highest BCUT2D eigenvalue weighted by Gasteiger charge is 2.25. The quantitative estimate of drug-likeness (QED) is 0.762. The van der Waals surface area contributed by atoms with Gasteiger partial charge in [-0.2, -0.15) is 0 Å². The van der Waals surface area contributed by atoms with Gasteiger partial charge >= 0.3 is 0 Å². The van der Waals surface area contributed by atoms with Crippen molar-refractivity contribution in [3.63, 3.8) is 0 Å². The smallest absolute Gasteiger partial charge is 0.126 e. The summed E-state index contributed by atoms with van der Waals surface area (Å²) in [4.78, 5) is 0. The van der Waals surface area contributed by atoms with E-state index >= 15 is 0 Å². The second-order valence-electron chi connectivity index (χ2n) is 3.75. The molecule has 2 atom stereocenters. The molecule has 1 aliphatic heterocycles. The first kappa shape index (κ1) is 10.4. The zero-order valence-electron chi connectivity index (χ0n) is 8.32. The molecule has 0 fully saturated rings. The van der Waals surface area contributed by atoms with E-state index in [9.17, 15) is 9.50 Å². The molecule has 1 heterocycles. The highest BCUT2D eigenvalue weighted by Crippen LogP contribution is 2.29. The average Bonchev–Trinajstić information content (AvgIpc) is 2.27. The summed E-state index contributed by atoms with van der Waals surface area (Å²) in [5.74, 6) is 0.398. The number of rotatable bonds is 2. The van der Waals surface area contributed by atoms with Crippen molar-refractivity contribution in [2.45, 2.75) is 25.0 Å². The third kappa shape index (κ3) is 2.11. The van der Waals surface area contributed by atoms with Crippen molar-refractivity contribution in [2.24, 2.45) is 5.73 Å². The maximum Gasteiger partial charge on any atom is 0.126 e. The van der Waals surface area contributed by atoms with Gasteiger partial charge in [0.2, 0.25) is 0 Å². The van der Waals surface area contributed by atoms with E-state index in [1.165, 1.54) is 12.1 Å². The molecule has 0 aromatic heterocycles. The van der Waals surface area contributed by atoms with Crippen LogP contribution >= 0.6 is 0 Å². The number of hydrogen-bond acceptors (Lipinski definition) is 3. The number of ether oxygens (including phenoxy) is 1. The van der Waals surface area contributed by atoms with Crippen molar-refractivity contribution < 1.29 is 14.2 Å². The lowest BCUT2D eigenvalue weighted by Crippen LogP contribution is -2.39. The van der Waals surface area contributed by atoms with Gasteiger partial charge in [-0.3, -0.25) is 0 Å². The first-order valence-electron chi connectivity index (χ1n) is 5.04. The van der Waals surface area contributed by atoms with Gasteiger partial charge in [-0.15, -0.1) is 0 Å². The lowest BCUT2D eigenvalue weighted by atomic mass is 9.99. The Labute approximate surface area is 87.7 Å². The topological polar surface area (TPSA) is 55.5 Å². The molecular formula is C11H14FNO2. The number of fused-ring (bicyclic) bond motifs is 1. The molecule has 0 spiro atoms. The maximum atomic E-state index is 12.9. The number of halogens is 1. The molecule has 0 saturated carbocycles. The summed E-state index contributed by atoms with van der Waals surface area (Å²) in [5, 5.41) is 9.54. The molecule has 0 amide bonds. The molecule has 3 nitrogen and oxygen atoms in total. The summed E-state index contributed by atoms with van der Waals surface area (Å²) >= 11 is 0. The van der Waals surface area contributed by atoms with Gasteiger partial charge in [0.15, 0.2) is 0 Å². The number of benzene rings is 1. The van der Waals surface area contributed by atoms with E-state index < -0.39 is 6.10 Å². The highest BCUT2D eigenvalue weighted by atomic mass is 19.1. The molecule has 1 aromatic rings. The molecule has 0 bridgehead atoms. The van der Waals surface area contributed by atoms with E-state index in [1.54, 1.807) is 6.07 Å². The minimum atomic E-state index is -0.650.